The van der Waals surface area contributed by atoms with Crippen LogP contribution in [0.5, 0.6) is 0 Å². The Kier molecular flexibility index (Phi) is 6.94. The summed E-state index contributed by atoms with van der Waals surface area (Å²) in [5, 5.41) is 0. The van der Waals surface area contributed by atoms with Crippen molar-refractivity contribution < 1.29 is 18.9 Å². The third kappa shape index (κ3) is 4.65. The number of fused-ring (bicyclic) bond motifs is 2. The molecule has 42 heavy (non-hydrogen) atoms. The van der Waals surface area contributed by atoms with Crippen molar-refractivity contribution in [1.82, 2.24) is 0 Å². The Bertz CT molecular complexity index is 1440. The van der Waals surface area contributed by atoms with Crippen LogP contribution in [0.2, 0.25) is 0 Å². The van der Waals surface area contributed by atoms with E-state index in [1.54, 1.807) is 0 Å². The molecule has 0 radical (unpaired) electrons. The fourth-order valence-corrected chi connectivity index (χ4v) is 6.97. The van der Waals surface area contributed by atoms with Crippen LogP contribution in [0.1, 0.15) is 47.2 Å². The van der Waals surface area contributed by atoms with Crippen LogP contribution in [-0.2, 0) is 31.0 Å². The highest BCUT2D eigenvalue weighted by molar-refractivity contribution is 5.62. The summed E-state index contributed by atoms with van der Waals surface area (Å²) in [6.07, 6.45) is -0.0411. The molecule has 216 valence electrons. The Morgan fingerprint density at radius 3 is 1.86 bits per heavy atom. The first-order valence-electron chi connectivity index (χ1n) is 15.0. The van der Waals surface area contributed by atoms with Crippen LogP contribution >= 0.6 is 0 Å². The monoisotopic (exact) mass is 561 g/mol. The molecule has 0 bridgehead atoms. The average molecular weight is 562 g/mol. The van der Waals surface area contributed by atoms with E-state index in [-0.39, 0.29) is 24.5 Å². The van der Waals surface area contributed by atoms with Crippen molar-refractivity contribution in [1.29, 1.82) is 0 Å². The van der Waals surface area contributed by atoms with Gasteiger partial charge in [-0.3, -0.25) is 0 Å². The molecule has 7 rings (SSSR count). The lowest BCUT2D eigenvalue weighted by Crippen LogP contribution is -2.43. The summed E-state index contributed by atoms with van der Waals surface area (Å²) in [7, 11) is 0. The van der Waals surface area contributed by atoms with E-state index in [1.165, 1.54) is 22.4 Å². The third-order valence-corrected chi connectivity index (χ3v) is 9.06. The second kappa shape index (κ2) is 10.7. The van der Waals surface area contributed by atoms with E-state index in [1.807, 2.05) is 32.0 Å². The minimum atomic E-state index is -0.829. The van der Waals surface area contributed by atoms with Gasteiger partial charge in [0.1, 0.15) is 23.9 Å². The van der Waals surface area contributed by atoms with Gasteiger partial charge < -0.3 is 23.8 Å². The smallest absolute Gasteiger partial charge is 0.164 e. The fourth-order valence-electron chi connectivity index (χ4n) is 6.97. The van der Waals surface area contributed by atoms with E-state index >= 15 is 0 Å². The van der Waals surface area contributed by atoms with E-state index in [9.17, 15) is 0 Å². The van der Waals surface area contributed by atoms with Crippen molar-refractivity contribution in [3.8, 4) is 0 Å². The Balaban J connectivity index is 1.25. The van der Waals surface area contributed by atoms with Crippen molar-refractivity contribution in [2.24, 2.45) is 0 Å². The number of hydrogen-bond donors (Lipinski definition) is 0. The summed E-state index contributed by atoms with van der Waals surface area (Å²) in [5.74, 6) is -0.698. The second-order valence-electron chi connectivity index (χ2n) is 12.2. The van der Waals surface area contributed by atoms with Gasteiger partial charge in [-0.2, -0.15) is 0 Å². The largest absolute Gasteiger partial charge is 0.358 e. The zero-order valence-electron chi connectivity index (χ0n) is 24.8. The van der Waals surface area contributed by atoms with Crippen LogP contribution < -0.4 is 4.90 Å². The van der Waals surface area contributed by atoms with Gasteiger partial charge in [-0.1, -0.05) is 97.1 Å². The topological polar surface area (TPSA) is 40.2 Å². The number of nitrogens with zero attached hydrogens (tertiary/aromatic N) is 1. The summed E-state index contributed by atoms with van der Waals surface area (Å²) in [5.41, 5.74) is 7.59. The first-order valence-corrected chi connectivity index (χ1v) is 15.0. The molecule has 4 atom stereocenters. The zero-order valence-corrected chi connectivity index (χ0v) is 24.8. The lowest BCUT2D eigenvalue weighted by atomic mass is 9.80. The van der Waals surface area contributed by atoms with Crippen molar-refractivity contribution in [2.45, 2.75) is 70.0 Å². The van der Waals surface area contributed by atoms with Crippen LogP contribution in [0.4, 0.5) is 5.69 Å². The van der Waals surface area contributed by atoms with Crippen LogP contribution in [-0.4, -0.2) is 43.5 Å². The van der Waals surface area contributed by atoms with Gasteiger partial charge in [-0.25, -0.2) is 0 Å². The number of benzene rings is 4. The van der Waals surface area contributed by atoms with E-state index in [0.717, 1.165) is 29.7 Å². The molecule has 0 unspecified atom stereocenters. The highest BCUT2D eigenvalue weighted by Gasteiger charge is 2.58. The Morgan fingerprint density at radius 2 is 1.29 bits per heavy atom. The van der Waals surface area contributed by atoms with Gasteiger partial charge in [-0.05, 0) is 73.6 Å². The van der Waals surface area contributed by atoms with Crippen molar-refractivity contribution in [3.63, 3.8) is 0 Å². The first kappa shape index (κ1) is 27.4. The SMILES string of the molecule is Cc1cc2c(cc1C)N([C@@H]1O[C@H](COC(c3ccccc3)(c3ccccc3)c3ccccc3)[C@H]3OC(C)(C)O[C@H]31)CC2. The zero-order chi connectivity index (χ0) is 28.9. The molecule has 0 N–H and O–H groups in total. The Hall–Kier alpha value is -3.48. The first-order chi connectivity index (χ1) is 20.4. The second-order valence-corrected chi connectivity index (χ2v) is 12.2. The van der Waals surface area contributed by atoms with Gasteiger partial charge in [0, 0.05) is 12.2 Å². The molecule has 0 aromatic heterocycles. The molecule has 4 aromatic rings. The summed E-state index contributed by atoms with van der Waals surface area (Å²) in [6, 6.07) is 36.0. The minimum Gasteiger partial charge on any atom is -0.358 e. The maximum atomic E-state index is 7.18. The van der Waals surface area contributed by atoms with Gasteiger partial charge in [0.15, 0.2) is 12.0 Å². The van der Waals surface area contributed by atoms with E-state index < -0.39 is 11.4 Å². The van der Waals surface area contributed by atoms with Crippen LogP contribution in [0.3, 0.4) is 0 Å². The maximum absolute atomic E-state index is 7.18. The molecule has 3 aliphatic rings. The molecule has 4 aromatic carbocycles. The molecular formula is C37H39NO4. The highest BCUT2D eigenvalue weighted by Crippen LogP contribution is 2.46. The summed E-state index contributed by atoms with van der Waals surface area (Å²) in [6.45, 7) is 9.58. The molecule has 5 nitrogen and oxygen atoms in total. The van der Waals surface area contributed by atoms with Crippen LogP contribution in [0, 0.1) is 13.8 Å². The van der Waals surface area contributed by atoms with E-state index in [2.05, 4.69) is 104 Å². The maximum Gasteiger partial charge on any atom is 0.164 e. The molecular weight excluding hydrogens is 522 g/mol. The third-order valence-electron chi connectivity index (χ3n) is 9.06. The van der Waals surface area contributed by atoms with Gasteiger partial charge in [-0.15, -0.1) is 0 Å². The summed E-state index contributed by atoms with van der Waals surface area (Å²) < 4.78 is 27.1. The standard InChI is InChI=1S/C37H39NO4/c1-25-22-27-20-21-38(31(27)23-26(25)2)35-34-33(41-36(3,4)42-34)32(40-35)24-39-37(28-14-8-5-9-15-28,29-16-10-6-11-17-29)30-18-12-7-13-19-30/h5-19,22-23,32-35H,20-21,24H2,1-4H3/t32-,33-,34-,35-/m1/s1. The van der Waals surface area contributed by atoms with Gasteiger partial charge >= 0.3 is 0 Å². The number of rotatable bonds is 7. The molecule has 0 amide bonds. The molecule has 5 heteroatoms. The van der Waals surface area contributed by atoms with Crippen LogP contribution in [0.25, 0.3) is 0 Å². The Labute approximate surface area is 249 Å². The Morgan fingerprint density at radius 1 is 0.762 bits per heavy atom. The number of hydrogen-bond acceptors (Lipinski definition) is 5. The minimum absolute atomic E-state index is 0.222. The predicted molar refractivity (Wildman–Crippen MR) is 165 cm³/mol. The molecule has 0 aliphatic carbocycles. The van der Waals surface area contributed by atoms with Gasteiger partial charge in [0.25, 0.3) is 0 Å². The lowest BCUT2D eigenvalue weighted by molar-refractivity contribution is -0.195. The van der Waals surface area contributed by atoms with Crippen molar-refractivity contribution in [2.75, 3.05) is 18.1 Å². The quantitative estimate of drug-likeness (QED) is 0.229. The average Bonchev–Trinajstić information content (AvgIpc) is 3.65. The van der Waals surface area contributed by atoms with Gasteiger partial charge in [0.05, 0.1) is 6.61 Å². The number of anilines is 1. The highest BCUT2D eigenvalue weighted by atomic mass is 16.8. The fraction of sp³-hybridized carbons (Fsp3) is 0.351. The number of aryl methyl sites for hydroxylation is 2. The van der Waals surface area contributed by atoms with Crippen molar-refractivity contribution in [3.05, 3.63) is 137 Å². The van der Waals surface area contributed by atoms with Gasteiger partial charge in [0.2, 0.25) is 0 Å². The number of ether oxygens (including phenoxy) is 4. The molecule has 0 saturated carbocycles. The molecule has 2 fully saturated rings. The molecule has 0 spiro atoms. The molecule has 2 saturated heterocycles. The summed E-state index contributed by atoms with van der Waals surface area (Å²) in [4.78, 5) is 2.38. The van der Waals surface area contributed by atoms with E-state index in [0.29, 0.717) is 6.61 Å². The normalized spacial score (nSPS) is 24.5. The van der Waals surface area contributed by atoms with E-state index in [4.69, 9.17) is 18.9 Å². The lowest BCUT2D eigenvalue weighted by Gasteiger charge is -2.37. The summed E-state index contributed by atoms with van der Waals surface area (Å²) >= 11 is 0. The molecule has 3 aliphatic heterocycles. The van der Waals surface area contributed by atoms with Crippen molar-refractivity contribution >= 4 is 5.69 Å². The predicted octanol–water partition coefficient (Wildman–Crippen LogP) is 6.92. The van der Waals surface area contributed by atoms with Crippen LogP contribution in [0.15, 0.2) is 103 Å². The molecule has 3 heterocycles.